The van der Waals surface area contributed by atoms with E-state index in [2.05, 4.69) is 0 Å². The quantitative estimate of drug-likeness (QED) is 0.550. The maximum Gasteiger partial charge on any atom is 0.313 e. The molecule has 1 rings (SSSR count). The van der Waals surface area contributed by atoms with Gasteiger partial charge < -0.3 is 9.47 Å². The third-order valence-electron chi connectivity index (χ3n) is 3.10. The second-order valence-corrected chi connectivity index (χ2v) is 6.32. The summed E-state index contributed by atoms with van der Waals surface area (Å²) in [6.07, 6.45) is 6.04. The molecule has 0 unspecified atom stereocenters. The number of carbonyl (C=O) groups excluding carboxylic acids is 2. The van der Waals surface area contributed by atoms with Crippen LogP contribution >= 0.6 is 0 Å². The molecule has 0 atom stereocenters. The summed E-state index contributed by atoms with van der Waals surface area (Å²) in [5.74, 6) is -0.0908. The molecule has 0 aliphatic heterocycles. The van der Waals surface area contributed by atoms with Crippen molar-refractivity contribution in [3.8, 4) is 0 Å². The van der Waals surface area contributed by atoms with Crippen molar-refractivity contribution in [1.29, 1.82) is 0 Å². The van der Waals surface area contributed by atoms with Gasteiger partial charge in [0.15, 0.2) is 5.78 Å². The van der Waals surface area contributed by atoms with Crippen molar-refractivity contribution in [3.63, 3.8) is 0 Å². The molecule has 0 N–H and O–H groups in total. The van der Waals surface area contributed by atoms with E-state index >= 15 is 0 Å². The SMILES string of the molecule is CC(C)(C)OC(=O)CC(=O)COCC1CCCCC1. The molecule has 19 heavy (non-hydrogen) atoms. The third kappa shape index (κ3) is 7.98. The van der Waals surface area contributed by atoms with Crippen LogP contribution in [0, 0.1) is 5.92 Å². The minimum Gasteiger partial charge on any atom is -0.460 e. The van der Waals surface area contributed by atoms with Crippen molar-refractivity contribution in [2.45, 2.75) is 64.9 Å². The second kappa shape index (κ2) is 7.63. The van der Waals surface area contributed by atoms with Crippen LogP contribution in [0.5, 0.6) is 0 Å². The van der Waals surface area contributed by atoms with Gasteiger partial charge in [0.25, 0.3) is 0 Å². The van der Waals surface area contributed by atoms with Gasteiger partial charge in [-0.1, -0.05) is 19.3 Å². The first-order valence-electron chi connectivity index (χ1n) is 7.18. The smallest absolute Gasteiger partial charge is 0.313 e. The van der Waals surface area contributed by atoms with Gasteiger partial charge in [-0.25, -0.2) is 0 Å². The maximum atomic E-state index is 11.6. The summed E-state index contributed by atoms with van der Waals surface area (Å²) in [6, 6.07) is 0. The molecule has 4 nitrogen and oxygen atoms in total. The number of hydrogen-bond acceptors (Lipinski definition) is 4. The van der Waals surface area contributed by atoms with Gasteiger partial charge in [0.05, 0.1) is 0 Å². The van der Waals surface area contributed by atoms with Crippen molar-refractivity contribution < 1.29 is 19.1 Å². The fourth-order valence-corrected chi connectivity index (χ4v) is 2.28. The molecule has 4 heteroatoms. The first-order valence-corrected chi connectivity index (χ1v) is 7.18. The van der Waals surface area contributed by atoms with Crippen molar-refractivity contribution in [2.75, 3.05) is 13.2 Å². The molecule has 0 aromatic rings. The third-order valence-corrected chi connectivity index (χ3v) is 3.10. The minimum atomic E-state index is -0.541. The standard InChI is InChI=1S/C15H26O4/c1-15(2,3)19-14(17)9-13(16)11-18-10-12-7-5-4-6-8-12/h12H,4-11H2,1-3H3. The lowest BCUT2D eigenvalue weighted by molar-refractivity contribution is -0.156. The number of hydrogen-bond donors (Lipinski definition) is 0. The van der Waals surface area contributed by atoms with Crippen LogP contribution in [0.3, 0.4) is 0 Å². The number of ether oxygens (including phenoxy) is 2. The number of rotatable bonds is 6. The average Bonchev–Trinajstić information content (AvgIpc) is 2.27. The predicted octanol–water partition coefficient (Wildman–Crippen LogP) is 2.88. The van der Waals surface area contributed by atoms with E-state index in [9.17, 15) is 9.59 Å². The molecule has 1 saturated carbocycles. The molecule has 110 valence electrons. The Morgan fingerprint density at radius 3 is 2.32 bits per heavy atom. The van der Waals surface area contributed by atoms with Crippen LogP contribution < -0.4 is 0 Å². The zero-order valence-electron chi connectivity index (χ0n) is 12.4. The molecule has 0 heterocycles. The van der Waals surface area contributed by atoms with E-state index in [1.54, 1.807) is 20.8 Å². The molecule has 1 fully saturated rings. The van der Waals surface area contributed by atoms with Crippen LogP contribution in [0.2, 0.25) is 0 Å². The van der Waals surface area contributed by atoms with Gasteiger partial charge in [-0.05, 0) is 39.5 Å². The summed E-state index contributed by atoms with van der Waals surface area (Å²) in [5, 5.41) is 0. The number of esters is 1. The monoisotopic (exact) mass is 270 g/mol. The zero-order chi connectivity index (χ0) is 14.3. The minimum absolute atomic E-state index is 0.0236. The van der Waals surface area contributed by atoms with Crippen LogP contribution in [0.15, 0.2) is 0 Å². The van der Waals surface area contributed by atoms with Crippen LogP contribution in [0.4, 0.5) is 0 Å². The summed E-state index contributed by atoms with van der Waals surface area (Å²) in [7, 11) is 0. The molecular formula is C15H26O4. The van der Waals surface area contributed by atoms with Crippen LogP contribution in [0.1, 0.15) is 59.3 Å². The summed E-state index contributed by atoms with van der Waals surface area (Å²) < 4.78 is 10.5. The largest absolute Gasteiger partial charge is 0.460 e. The molecule has 1 aliphatic carbocycles. The highest BCUT2D eigenvalue weighted by Crippen LogP contribution is 2.23. The molecule has 0 saturated heterocycles. The van der Waals surface area contributed by atoms with Crippen molar-refractivity contribution in [1.82, 2.24) is 0 Å². The van der Waals surface area contributed by atoms with Gasteiger partial charge in [-0.15, -0.1) is 0 Å². The summed E-state index contributed by atoms with van der Waals surface area (Å²) in [4.78, 5) is 23.0. The Kier molecular flexibility index (Phi) is 6.49. The summed E-state index contributed by atoms with van der Waals surface area (Å²) >= 11 is 0. The maximum absolute atomic E-state index is 11.6. The molecule has 0 radical (unpaired) electrons. The van der Waals surface area contributed by atoms with Crippen LogP contribution in [-0.4, -0.2) is 30.6 Å². The Morgan fingerprint density at radius 2 is 1.74 bits per heavy atom. The summed E-state index contributed by atoms with van der Waals surface area (Å²) in [6.45, 7) is 6.02. The fraction of sp³-hybridized carbons (Fsp3) is 0.867. The normalized spacial score (nSPS) is 17.2. The van der Waals surface area contributed by atoms with E-state index in [-0.39, 0.29) is 18.8 Å². The lowest BCUT2D eigenvalue weighted by atomic mass is 9.90. The summed E-state index contributed by atoms with van der Waals surface area (Å²) in [5.41, 5.74) is -0.541. The van der Waals surface area contributed by atoms with Crippen molar-refractivity contribution in [2.24, 2.45) is 5.92 Å². The average molecular weight is 270 g/mol. The Morgan fingerprint density at radius 1 is 1.11 bits per heavy atom. The van der Waals surface area contributed by atoms with E-state index in [1.807, 2.05) is 0 Å². The first kappa shape index (κ1) is 16.2. The number of Topliss-reactive ketones (excluding diaryl/α,β-unsaturated/α-hetero) is 1. The zero-order valence-corrected chi connectivity index (χ0v) is 12.4. The number of carbonyl (C=O) groups is 2. The fourth-order valence-electron chi connectivity index (χ4n) is 2.28. The van der Waals surface area contributed by atoms with Gasteiger partial charge in [0.1, 0.15) is 18.6 Å². The highest BCUT2D eigenvalue weighted by atomic mass is 16.6. The Hall–Kier alpha value is -0.900. The van der Waals surface area contributed by atoms with E-state index in [0.29, 0.717) is 12.5 Å². The van der Waals surface area contributed by atoms with E-state index < -0.39 is 11.6 Å². The predicted molar refractivity (Wildman–Crippen MR) is 72.9 cm³/mol. The molecule has 0 bridgehead atoms. The van der Waals surface area contributed by atoms with Gasteiger partial charge >= 0.3 is 5.97 Å². The van der Waals surface area contributed by atoms with E-state index in [4.69, 9.17) is 9.47 Å². The molecule has 0 spiro atoms. The Balaban J connectivity index is 2.12. The topological polar surface area (TPSA) is 52.6 Å². The van der Waals surface area contributed by atoms with Crippen molar-refractivity contribution >= 4 is 11.8 Å². The van der Waals surface area contributed by atoms with Gasteiger partial charge in [0, 0.05) is 6.61 Å². The van der Waals surface area contributed by atoms with E-state index in [1.165, 1.54) is 32.1 Å². The molecular weight excluding hydrogens is 244 g/mol. The van der Waals surface area contributed by atoms with Crippen LogP contribution in [0.25, 0.3) is 0 Å². The highest BCUT2D eigenvalue weighted by molar-refractivity contribution is 5.96. The molecule has 0 aromatic heterocycles. The number of ketones is 1. The lowest BCUT2D eigenvalue weighted by Crippen LogP contribution is -2.26. The molecule has 1 aliphatic rings. The Bertz CT molecular complexity index is 298. The molecule has 0 amide bonds. The van der Waals surface area contributed by atoms with Gasteiger partial charge in [-0.2, -0.15) is 0 Å². The Labute approximate surface area is 115 Å². The van der Waals surface area contributed by atoms with Gasteiger partial charge in [-0.3, -0.25) is 9.59 Å². The lowest BCUT2D eigenvalue weighted by Gasteiger charge is -2.21. The van der Waals surface area contributed by atoms with E-state index in [0.717, 1.165) is 0 Å². The van der Waals surface area contributed by atoms with Crippen LogP contribution in [-0.2, 0) is 19.1 Å². The van der Waals surface area contributed by atoms with Gasteiger partial charge in [0.2, 0.25) is 0 Å². The second-order valence-electron chi connectivity index (χ2n) is 6.32. The van der Waals surface area contributed by atoms with Crippen molar-refractivity contribution in [3.05, 3.63) is 0 Å². The first-order chi connectivity index (χ1) is 8.87. The molecule has 0 aromatic carbocycles. The highest BCUT2D eigenvalue weighted by Gasteiger charge is 2.19.